The van der Waals surface area contributed by atoms with Crippen LogP contribution in [0.5, 0.6) is 0 Å². The summed E-state index contributed by atoms with van der Waals surface area (Å²) in [5, 5.41) is 4.14. The molecule has 1 fully saturated rings. The molecule has 1 N–H and O–H groups in total. The number of carbonyl (C=O) groups excluding carboxylic acids is 2. The van der Waals surface area contributed by atoms with E-state index in [2.05, 4.69) is 5.32 Å². The van der Waals surface area contributed by atoms with Gasteiger partial charge in [0.15, 0.2) is 0 Å². The second-order valence-corrected chi connectivity index (χ2v) is 7.56. The number of anilines is 1. The molecular formula is C18H18Cl3N3O2. The van der Waals surface area contributed by atoms with Crippen LogP contribution in [0.3, 0.4) is 0 Å². The highest BCUT2D eigenvalue weighted by Crippen LogP contribution is 2.27. The summed E-state index contributed by atoms with van der Waals surface area (Å²) in [6.45, 7) is 0.522. The van der Waals surface area contributed by atoms with E-state index in [0.29, 0.717) is 39.4 Å². The number of likely N-dealkylation sites (tertiary alicyclic amines) is 1. The SMILES string of the molecule is Cn1cc(Cl)cc1C(=O)N1CCCCC1C(=O)Nc1ccc(Cl)cc1Cl. The quantitative estimate of drug-likeness (QED) is 0.797. The fraction of sp³-hybridized carbons (Fsp3) is 0.333. The van der Waals surface area contributed by atoms with Crippen molar-refractivity contribution in [1.82, 2.24) is 9.47 Å². The number of hydrogen-bond acceptors (Lipinski definition) is 2. The maximum atomic E-state index is 12.9. The maximum Gasteiger partial charge on any atom is 0.271 e. The van der Waals surface area contributed by atoms with E-state index in [4.69, 9.17) is 34.8 Å². The number of carbonyl (C=O) groups is 2. The molecule has 0 aliphatic carbocycles. The van der Waals surface area contributed by atoms with Crippen LogP contribution in [0.4, 0.5) is 5.69 Å². The molecule has 1 aliphatic heterocycles. The number of nitrogens with one attached hydrogen (secondary N) is 1. The minimum absolute atomic E-state index is 0.207. The van der Waals surface area contributed by atoms with Crippen LogP contribution in [-0.4, -0.2) is 33.9 Å². The monoisotopic (exact) mass is 413 g/mol. The predicted molar refractivity (Wildman–Crippen MR) is 104 cm³/mol. The number of amides is 2. The third kappa shape index (κ3) is 4.00. The van der Waals surface area contributed by atoms with Crippen LogP contribution in [0.2, 0.25) is 15.1 Å². The van der Waals surface area contributed by atoms with Crippen molar-refractivity contribution in [3.05, 3.63) is 51.2 Å². The largest absolute Gasteiger partial charge is 0.345 e. The Morgan fingerprint density at radius 2 is 1.88 bits per heavy atom. The third-order valence-corrected chi connectivity index (χ3v) is 5.20. The van der Waals surface area contributed by atoms with E-state index in [-0.39, 0.29) is 11.8 Å². The number of benzene rings is 1. The first kappa shape index (κ1) is 19.1. The van der Waals surface area contributed by atoms with Gasteiger partial charge in [-0.05, 0) is 43.5 Å². The van der Waals surface area contributed by atoms with E-state index in [1.165, 1.54) is 0 Å². The van der Waals surface area contributed by atoms with Crippen molar-refractivity contribution in [3.63, 3.8) is 0 Å². The van der Waals surface area contributed by atoms with E-state index >= 15 is 0 Å². The van der Waals surface area contributed by atoms with Gasteiger partial charge in [0.2, 0.25) is 5.91 Å². The molecule has 5 nitrogen and oxygen atoms in total. The van der Waals surface area contributed by atoms with Crippen LogP contribution >= 0.6 is 34.8 Å². The van der Waals surface area contributed by atoms with Gasteiger partial charge in [0.1, 0.15) is 11.7 Å². The first-order valence-corrected chi connectivity index (χ1v) is 9.39. The number of aromatic nitrogens is 1. The molecule has 26 heavy (non-hydrogen) atoms. The molecule has 2 aromatic rings. The number of aryl methyl sites for hydroxylation is 1. The van der Waals surface area contributed by atoms with Gasteiger partial charge in [-0.3, -0.25) is 9.59 Å². The standard InChI is InChI=1S/C18H18Cl3N3O2/c1-23-10-12(20)9-16(23)18(26)24-7-3-2-4-15(24)17(25)22-14-6-5-11(19)8-13(14)21/h5-6,8-10,15H,2-4,7H2,1H3,(H,22,25). The van der Waals surface area contributed by atoms with Crippen molar-refractivity contribution in [2.75, 3.05) is 11.9 Å². The van der Waals surface area contributed by atoms with Crippen LogP contribution in [0.15, 0.2) is 30.5 Å². The Labute approximate surface area is 166 Å². The molecule has 3 rings (SSSR count). The summed E-state index contributed by atoms with van der Waals surface area (Å²) in [6, 6.07) is 5.92. The van der Waals surface area contributed by atoms with Gasteiger partial charge in [-0.15, -0.1) is 0 Å². The number of nitrogens with zero attached hydrogens (tertiary/aromatic N) is 2. The van der Waals surface area contributed by atoms with E-state index < -0.39 is 6.04 Å². The van der Waals surface area contributed by atoms with Crippen LogP contribution in [0.1, 0.15) is 29.8 Å². The van der Waals surface area contributed by atoms with Crippen LogP contribution in [-0.2, 0) is 11.8 Å². The van der Waals surface area contributed by atoms with Crippen LogP contribution in [0, 0.1) is 0 Å². The predicted octanol–water partition coefficient (Wildman–Crippen LogP) is 4.62. The van der Waals surface area contributed by atoms with Gasteiger partial charge in [0.25, 0.3) is 5.91 Å². The molecule has 1 atom stereocenters. The maximum absolute atomic E-state index is 12.9. The summed E-state index contributed by atoms with van der Waals surface area (Å²) < 4.78 is 1.67. The number of rotatable bonds is 3. The molecule has 1 saturated heterocycles. The smallest absolute Gasteiger partial charge is 0.271 e. The lowest BCUT2D eigenvalue weighted by Crippen LogP contribution is -2.50. The van der Waals surface area contributed by atoms with Crippen LogP contribution in [0.25, 0.3) is 0 Å². The Morgan fingerprint density at radius 3 is 2.54 bits per heavy atom. The molecule has 1 aliphatic rings. The van der Waals surface area contributed by atoms with E-state index in [9.17, 15) is 9.59 Å². The second-order valence-electron chi connectivity index (χ2n) is 6.28. The Morgan fingerprint density at radius 1 is 1.12 bits per heavy atom. The summed E-state index contributed by atoms with van der Waals surface area (Å²) in [6.07, 6.45) is 4.00. The lowest BCUT2D eigenvalue weighted by atomic mass is 10.0. The third-order valence-electron chi connectivity index (χ3n) is 4.45. The molecule has 0 radical (unpaired) electrons. The van der Waals surface area contributed by atoms with Gasteiger partial charge in [0.05, 0.1) is 15.7 Å². The van der Waals surface area contributed by atoms with Crippen molar-refractivity contribution >= 4 is 52.3 Å². The summed E-state index contributed by atoms with van der Waals surface area (Å²) in [5.41, 5.74) is 0.931. The molecule has 1 aromatic carbocycles. The molecule has 8 heteroatoms. The average Bonchev–Trinajstić information content (AvgIpc) is 2.95. The van der Waals surface area contributed by atoms with Gasteiger partial charge < -0.3 is 14.8 Å². The Bertz CT molecular complexity index is 850. The normalized spacial score (nSPS) is 17.2. The number of hydrogen-bond donors (Lipinski definition) is 1. The van der Waals surface area contributed by atoms with Gasteiger partial charge in [-0.25, -0.2) is 0 Å². The van der Waals surface area contributed by atoms with Crippen molar-refractivity contribution in [2.24, 2.45) is 7.05 Å². The first-order valence-electron chi connectivity index (χ1n) is 8.25. The van der Waals surface area contributed by atoms with Gasteiger partial charge in [-0.1, -0.05) is 34.8 Å². The first-order chi connectivity index (χ1) is 12.4. The van der Waals surface area contributed by atoms with Crippen molar-refractivity contribution in [2.45, 2.75) is 25.3 Å². The minimum atomic E-state index is -0.559. The Balaban J connectivity index is 1.81. The molecule has 1 unspecified atom stereocenters. The zero-order valence-corrected chi connectivity index (χ0v) is 16.4. The molecule has 1 aromatic heterocycles. The zero-order chi connectivity index (χ0) is 18.8. The lowest BCUT2D eigenvalue weighted by Gasteiger charge is -2.34. The van der Waals surface area contributed by atoms with Crippen LogP contribution < -0.4 is 5.32 Å². The van der Waals surface area contributed by atoms with Crippen molar-refractivity contribution in [3.8, 4) is 0 Å². The van der Waals surface area contributed by atoms with E-state index in [1.807, 2.05) is 0 Å². The Hall–Kier alpha value is -1.69. The summed E-state index contributed by atoms with van der Waals surface area (Å²) in [5.74, 6) is -0.468. The second kappa shape index (κ2) is 7.91. The molecule has 0 saturated carbocycles. The number of halogens is 3. The molecule has 2 amide bonds. The molecular weight excluding hydrogens is 397 g/mol. The highest BCUT2D eigenvalue weighted by atomic mass is 35.5. The van der Waals surface area contributed by atoms with Crippen molar-refractivity contribution < 1.29 is 9.59 Å². The number of piperidine rings is 1. The van der Waals surface area contributed by atoms with Gasteiger partial charge in [-0.2, -0.15) is 0 Å². The fourth-order valence-electron chi connectivity index (χ4n) is 3.14. The lowest BCUT2D eigenvalue weighted by molar-refractivity contribution is -0.121. The van der Waals surface area contributed by atoms with E-state index in [1.54, 1.807) is 47.0 Å². The van der Waals surface area contributed by atoms with Crippen molar-refractivity contribution in [1.29, 1.82) is 0 Å². The molecule has 2 heterocycles. The highest BCUT2D eigenvalue weighted by molar-refractivity contribution is 6.36. The topological polar surface area (TPSA) is 54.3 Å². The molecule has 0 spiro atoms. The zero-order valence-electron chi connectivity index (χ0n) is 14.1. The van der Waals surface area contributed by atoms with Gasteiger partial charge in [0, 0.05) is 24.8 Å². The average molecular weight is 415 g/mol. The van der Waals surface area contributed by atoms with Gasteiger partial charge >= 0.3 is 0 Å². The minimum Gasteiger partial charge on any atom is -0.345 e. The summed E-state index contributed by atoms with van der Waals surface area (Å²) in [4.78, 5) is 27.4. The fourth-order valence-corrected chi connectivity index (χ4v) is 3.84. The summed E-state index contributed by atoms with van der Waals surface area (Å²) in [7, 11) is 1.76. The van der Waals surface area contributed by atoms with E-state index in [0.717, 1.165) is 12.8 Å². The molecule has 138 valence electrons. The molecule has 0 bridgehead atoms. The highest BCUT2D eigenvalue weighted by Gasteiger charge is 2.33. The summed E-state index contributed by atoms with van der Waals surface area (Å²) >= 11 is 18.0. The Kier molecular flexibility index (Phi) is 5.80.